The Balaban J connectivity index is 1.87. The molecule has 1 heterocycles. The molecule has 4 nitrogen and oxygen atoms in total. The van der Waals surface area contributed by atoms with E-state index < -0.39 is 5.97 Å². The Morgan fingerprint density at radius 3 is 2.76 bits per heavy atom. The summed E-state index contributed by atoms with van der Waals surface area (Å²) < 4.78 is 0. The normalized spacial score (nSPS) is 31.8. The first-order valence-corrected chi connectivity index (χ1v) is 6.84. The average Bonchev–Trinajstić information content (AvgIpc) is 2.26. The van der Waals surface area contributed by atoms with Crippen LogP contribution < -0.4 is 10.6 Å². The van der Waals surface area contributed by atoms with Crippen LogP contribution in [0.3, 0.4) is 0 Å². The van der Waals surface area contributed by atoms with Crippen molar-refractivity contribution in [2.75, 3.05) is 13.1 Å². The van der Waals surface area contributed by atoms with Gasteiger partial charge in [-0.1, -0.05) is 26.2 Å². The predicted molar refractivity (Wildman–Crippen MR) is 67.0 cm³/mol. The first kappa shape index (κ1) is 12.8. The molecule has 2 atom stereocenters. The fraction of sp³-hybridized carbons (Fsp3) is 0.923. The number of rotatable bonds is 5. The first-order chi connectivity index (χ1) is 8.13. The van der Waals surface area contributed by atoms with E-state index in [1.165, 1.54) is 32.1 Å². The van der Waals surface area contributed by atoms with Gasteiger partial charge in [0.15, 0.2) is 0 Å². The molecular weight excluding hydrogens is 216 g/mol. The molecule has 0 amide bonds. The molecule has 2 aliphatic rings. The second kappa shape index (κ2) is 5.36. The SMILES string of the molecule is CCC1CCCC(NC2(CC(=O)O)CNC2)C1. The maximum absolute atomic E-state index is 10.9. The molecule has 0 radical (unpaired) electrons. The van der Waals surface area contributed by atoms with Crippen LogP contribution in [-0.2, 0) is 4.79 Å². The van der Waals surface area contributed by atoms with Crippen molar-refractivity contribution in [3.8, 4) is 0 Å². The molecule has 0 spiro atoms. The Kier molecular flexibility index (Phi) is 4.05. The van der Waals surface area contributed by atoms with Gasteiger partial charge in [-0.3, -0.25) is 4.79 Å². The molecule has 0 aromatic rings. The molecular formula is C13H24N2O2. The standard InChI is InChI=1S/C13H24N2O2/c1-2-10-4-3-5-11(6-10)15-13(7-12(16)17)8-14-9-13/h10-11,14-15H,2-9H2,1H3,(H,16,17). The van der Waals surface area contributed by atoms with Gasteiger partial charge in [0.25, 0.3) is 0 Å². The first-order valence-electron chi connectivity index (χ1n) is 6.84. The van der Waals surface area contributed by atoms with Crippen molar-refractivity contribution in [3.05, 3.63) is 0 Å². The smallest absolute Gasteiger partial charge is 0.305 e. The second-order valence-corrected chi connectivity index (χ2v) is 5.74. The molecule has 1 saturated heterocycles. The second-order valence-electron chi connectivity index (χ2n) is 5.74. The number of hydrogen-bond donors (Lipinski definition) is 3. The summed E-state index contributed by atoms with van der Waals surface area (Å²) in [7, 11) is 0. The molecule has 0 aromatic heterocycles. The van der Waals surface area contributed by atoms with Crippen molar-refractivity contribution in [2.45, 2.75) is 57.0 Å². The summed E-state index contributed by atoms with van der Waals surface area (Å²) in [6, 6.07) is 0.523. The van der Waals surface area contributed by atoms with E-state index >= 15 is 0 Å². The van der Waals surface area contributed by atoms with Gasteiger partial charge < -0.3 is 15.7 Å². The third-order valence-electron chi connectivity index (χ3n) is 4.29. The fourth-order valence-corrected chi connectivity index (χ4v) is 3.22. The van der Waals surface area contributed by atoms with Crippen LogP contribution in [0, 0.1) is 5.92 Å². The number of aliphatic carboxylic acids is 1. The summed E-state index contributed by atoms with van der Waals surface area (Å²) >= 11 is 0. The van der Waals surface area contributed by atoms with Gasteiger partial charge in [0.1, 0.15) is 0 Å². The summed E-state index contributed by atoms with van der Waals surface area (Å²) in [5.74, 6) is 0.137. The molecule has 1 aliphatic heterocycles. The zero-order chi connectivity index (χ0) is 12.3. The van der Waals surface area contributed by atoms with Crippen LogP contribution in [0.25, 0.3) is 0 Å². The molecule has 3 N–H and O–H groups in total. The lowest BCUT2D eigenvalue weighted by atomic mass is 9.81. The van der Waals surface area contributed by atoms with Gasteiger partial charge >= 0.3 is 5.97 Å². The highest BCUT2D eigenvalue weighted by molar-refractivity contribution is 5.68. The Morgan fingerprint density at radius 2 is 2.24 bits per heavy atom. The number of carbonyl (C=O) groups is 1. The zero-order valence-electron chi connectivity index (χ0n) is 10.7. The van der Waals surface area contributed by atoms with Crippen molar-refractivity contribution < 1.29 is 9.90 Å². The highest BCUT2D eigenvalue weighted by Gasteiger charge is 2.41. The van der Waals surface area contributed by atoms with Gasteiger partial charge in [0.2, 0.25) is 0 Å². The highest BCUT2D eigenvalue weighted by Crippen LogP contribution is 2.29. The van der Waals surface area contributed by atoms with E-state index in [0.29, 0.717) is 6.04 Å². The third kappa shape index (κ3) is 3.19. The molecule has 1 aliphatic carbocycles. The van der Waals surface area contributed by atoms with Crippen LogP contribution in [0.5, 0.6) is 0 Å². The number of nitrogens with one attached hydrogen (secondary N) is 2. The summed E-state index contributed by atoms with van der Waals surface area (Å²) in [6.07, 6.45) is 6.55. The van der Waals surface area contributed by atoms with Gasteiger partial charge in [-0.2, -0.15) is 0 Å². The van der Waals surface area contributed by atoms with Crippen molar-refractivity contribution in [1.82, 2.24) is 10.6 Å². The van der Waals surface area contributed by atoms with Crippen LogP contribution in [0.2, 0.25) is 0 Å². The van der Waals surface area contributed by atoms with Crippen LogP contribution in [0.15, 0.2) is 0 Å². The lowest BCUT2D eigenvalue weighted by molar-refractivity contribution is -0.139. The van der Waals surface area contributed by atoms with Crippen molar-refractivity contribution in [3.63, 3.8) is 0 Å². The van der Waals surface area contributed by atoms with Gasteiger partial charge in [-0.05, 0) is 18.8 Å². The average molecular weight is 240 g/mol. The Bertz CT molecular complexity index is 277. The van der Waals surface area contributed by atoms with Crippen LogP contribution >= 0.6 is 0 Å². The van der Waals surface area contributed by atoms with Gasteiger partial charge in [0, 0.05) is 19.1 Å². The highest BCUT2D eigenvalue weighted by atomic mass is 16.4. The summed E-state index contributed by atoms with van der Waals surface area (Å²) in [5.41, 5.74) is -0.174. The Hall–Kier alpha value is -0.610. The van der Waals surface area contributed by atoms with Crippen molar-refractivity contribution in [2.24, 2.45) is 5.92 Å². The van der Waals surface area contributed by atoms with Crippen molar-refractivity contribution in [1.29, 1.82) is 0 Å². The molecule has 2 fully saturated rings. The van der Waals surface area contributed by atoms with E-state index in [-0.39, 0.29) is 12.0 Å². The lowest BCUT2D eigenvalue weighted by Gasteiger charge is -2.46. The van der Waals surface area contributed by atoms with E-state index in [4.69, 9.17) is 5.11 Å². The summed E-state index contributed by atoms with van der Waals surface area (Å²) in [4.78, 5) is 10.9. The number of hydrogen-bond acceptors (Lipinski definition) is 3. The molecule has 2 rings (SSSR count). The largest absolute Gasteiger partial charge is 0.481 e. The topological polar surface area (TPSA) is 61.4 Å². The maximum atomic E-state index is 10.9. The van der Waals surface area contributed by atoms with E-state index in [1.54, 1.807) is 0 Å². The molecule has 17 heavy (non-hydrogen) atoms. The third-order valence-corrected chi connectivity index (χ3v) is 4.29. The number of carboxylic acids is 1. The molecule has 4 heteroatoms. The van der Waals surface area contributed by atoms with Crippen molar-refractivity contribution >= 4 is 5.97 Å². The number of carboxylic acid groups (broad SMARTS) is 1. The summed E-state index contributed by atoms with van der Waals surface area (Å²) in [6.45, 7) is 3.85. The molecule has 2 unspecified atom stereocenters. The monoisotopic (exact) mass is 240 g/mol. The van der Waals surface area contributed by atoms with Gasteiger partial charge in [0.05, 0.1) is 12.0 Å². The Labute approximate surface area is 103 Å². The van der Waals surface area contributed by atoms with E-state index in [1.807, 2.05) is 0 Å². The van der Waals surface area contributed by atoms with Gasteiger partial charge in [-0.15, -0.1) is 0 Å². The van der Waals surface area contributed by atoms with E-state index in [2.05, 4.69) is 17.6 Å². The minimum absolute atomic E-state index is 0.174. The van der Waals surface area contributed by atoms with Crippen LogP contribution in [-0.4, -0.2) is 35.7 Å². The molecule has 98 valence electrons. The fourth-order valence-electron chi connectivity index (χ4n) is 3.22. The minimum atomic E-state index is -0.693. The maximum Gasteiger partial charge on any atom is 0.305 e. The summed E-state index contributed by atoms with van der Waals surface area (Å²) in [5, 5.41) is 15.8. The van der Waals surface area contributed by atoms with Crippen LogP contribution in [0.1, 0.15) is 45.4 Å². The van der Waals surface area contributed by atoms with E-state index in [0.717, 1.165) is 19.0 Å². The predicted octanol–water partition coefficient (Wildman–Crippen LogP) is 1.36. The lowest BCUT2D eigenvalue weighted by Crippen LogP contribution is -2.70. The molecule has 1 saturated carbocycles. The zero-order valence-corrected chi connectivity index (χ0v) is 10.7. The quantitative estimate of drug-likeness (QED) is 0.679. The van der Waals surface area contributed by atoms with E-state index in [9.17, 15) is 4.79 Å². The molecule has 0 bridgehead atoms. The molecule has 0 aromatic carbocycles. The minimum Gasteiger partial charge on any atom is -0.481 e. The van der Waals surface area contributed by atoms with Crippen LogP contribution in [0.4, 0.5) is 0 Å². The Morgan fingerprint density at radius 1 is 1.47 bits per heavy atom. The van der Waals surface area contributed by atoms with Gasteiger partial charge in [-0.25, -0.2) is 0 Å².